The Kier molecular flexibility index (Phi) is 6.06. The zero-order valence-corrected chi connectivity index (χ0v) is 15.7. The summed E-state index contributed by atoms with van der Waals surface area (Å²) >= 11 is 5.88. The number of hydrogen-bond acceptors (Lipinski definition) is 6. The third kappa shape index (κ3) is 4.38. The summed E-state index contributed by atoms with van der Waals surface area (Å²) in [7, 11) is 0. The van der Waals surface area contributed by atoms with Crippen molar-refractivity contribution in [3.63, 3.8) is 0 Å². The highest BCUT2D eigenvalue weighted by Gasteiger charge is 2.24. The van der Waals surface area contributed by atoms with E-state index in [-0.39, 0.29) is 22.2 Å². The molecule has 144 valence electrons. The van der Waals surface area contributed by atoms with Crippen LogP contribution in [0.15, 0.2) is 36.5 Å². The van der Waals surface area contributed by atoms with Crippen LogP contribution >= 0.6 is 11.6 Å². The highest BCUT2D eigenvalue weighted by molar-refractivity contribution is 6.31. The highest BCUT2D eigenvalue weighted by atomic mass is 35.5. The molecular formula is C19H18ClN5O3. The summed E-state index contributed by atoms with van der Waals surface area (Å²) in [5.41, 5.74) is 0.237. The van der Waals surface area contributed by atoms with E-state index in [9.17, 15) is 20.2 Å². The second kappa shape index (κ2) is 8.67. The molecule has 1 fully saturated rings. The van der Waals surface area contributed by atoms with Gasteiger partial charge in [-0.25, -0.2) is 4.98 Å². The van der Waals surface area contributed by atoms with Gasteiger partial charge in [0.2, 0.25) is 0 Å². The van der Waals surface area contributed by atoms with Gasteiger partial charge < -0.3 is 10.2 Å². The number of nitriles is 1. The lowest BCUT2D eigenvalue weighted by Crippen LogP contribution is -2.39. The number of hydrogen-bond donors (Lipinski definition) is 1. The van der Waals surface area contributed by atoms with E-state index in [0.29, 0.717) is 17.9 Å². The Morgan fingerprint density at radius 3 is 2.82 bits per heavy atom. The van der Waals surface area contributed by atoms with Gasteiger partial charge in [0, 0.05) is 36.9 Å². The number of piperidine rings is 1. The van der Waals surface area contributed by atoms with E-state index in [2.05, 4.69) is 21.3 Å². The number of nitro groups is 1. The molecule has 0 saturated carbocycles. The van der Waals surface area contributed by atoms with Crippen LogP contribution in [0.25, 0.3) is 0 Å². The fourth-order valence-electron chi connectivity index (χ4n) is 3.27. The van der Waals surface area contributed by atoms with E-state index < -0.39 is 10.8 Å². The number of rotatable bonds is 5. The molecule has 0 spiro atoms. The number of aromatic nitrogens is 1. The standard InChI is InChI=1S/C19H18ClN5O3/c20-15-3-4-17(25(27)28)16(10-15)19(26)23-12-13-5-8-24(9-6-13)18-14(11-21)2-1-7-22-18/h1-4,7,10,13H,5-6,8-9,12H2,(H,23,26). The van der Waals surface area contributed by atoms with E-state index in [4.69, 9.17) is 11.6 Å². The van der Waals surface area contributed by atoms with Crippen molar-refractivity contribution in [2.24, 2.45) is 5.92 Å². The third-order valence-corrected chi connectivity index (χ3v) is 5.01. The molecule has 3 rings (SSSR count). The van der Waals surface area contributed by atoms with Crippen LogP contribution in [0.5, 0.6) is 0 Å². The number of pyridine rings is 1. The van der Waals surface area contributed by atoms with Crippen LogP contribution in [0.2, 0.25) is 5.02 Å². The average molecular weight is 400 g/mol. The predicted octanol–water partition coefficient (Wildman–Crippen LogP) is 3.16. The van der Waals surface area contributed by atoms with Gasteiger partial charge in [0.1, 0.15) is 17.5 Å². The molecule has 1 aromatic carbocycles. The number of nitrogens with zero attached hydrogens (tertiary/aromatic N) is 4. The van der Waals surface area contributed by atoms with Crippen molar-refractivity contribution in [2.75, 3.05) is 24.5 Å². The van der Waals surface area contributed by atoms with Gasteiger partial charge in [0.05, 0.1) is 10.5 Å². The molecule has 2 heterocycles. The van der Waals surface area contributed by atoms with Gasteiger partial charge in [0.25, 0.3) is 11.6 Å². The quantitative estimate of drug-likeness (QED) is 0.610. The first-order valence-corrected chi connectivity index (χ1v) is 9.19. The Morgan fingerprint density at radius 1 is 1.39 bits per heavy atom. The molecule has 8 nitrogen and oxygen atoms in total. The van der Waals surface area contributed by atoms with Gasteiger partial charge >= 0.3 is 0 Å². The fraction of sp³-hybridized carbons (Fsp3) is 0.316. The molecule has 1 N–H and O–H groups in total. The zero-order valence-electron chi connectivity index (χ0n) is 15.0. The molecule has 0 radical (unpaired) electrons. The Balaban J connectivity index is 1.58. The second-order valence-electron chi connectivity index (χ2n) is 6.55. The largest absolute Gasteiger partial charge is 0.356 e. The van der Waals surface area contributed by atoms with Crippen molar-refractivity contribution in [3.8, 4) is 6.07 Å². The van der Waals surface area contributed by atoms with Crippen LogP contribution < -0.4 is 10.2 Å². The van der Waals surface area contributed by atoms with Gasteiger partial charge in [-0.3, -0.25) is 14.9 Å². The zero-order chi connectivity index (χ0) is 20.1. The topological polar surface area (TPSA) is 112 Å². The number of anilines is 1. The van der Waals surface area contributed by atoms with Gasteiger partial charge in [-0.05, 0) is 43.0 Å². The molecule has 9 heteroatoms. The molecule has 1 aromatic heterocycles. The van der Waals surface area contributed by atoms with Crippen molar-refractivity contribution < 1.29 is 9.72 Å². The van der Waals surface area contributed by atoms with Crippen molar-refractivity contribution in [1.29, 1.82) is 5.26 Å². The number of nitro benzene ring substituents is 1. The van der Waals surface area contributed by atoms with E-state index in [0.717, 1.165) is 25.9 Å². The first-order chi connectivity index (χ1) is 13.5. The lowest BCUT2D eigenvalue weighted by atomic mass is 9.96. The second-order valence-corrected chi connectivity index (χ2v) is 6.98. The highest BCUT2D eigenvalue weighted by Crippen LogP contribution is 2.25. The van der Waals surface area contributed by atoms with E-state index >= 15 is 0 Å². The number of nitrogens with one attached hydrogen (secondary N) is 1. The van der Waals surface area contributed by atoms with Crippen LogP contribution in [0, 0.1) is 27.4 Å². The van der Waals surface area contributed by atoms with Crippen molar-refractivity contribution in [2.45, 2.75) is 12.8 Å². The van der Waals surface area contributed by atoms with Gasteiger partial charge in [0.15, 0.2) is 0 Å². The fourth-order valence-corrected chi connectivity index (χ4v) is 3.44. The Morgan fingerprint density at radius 2 is 2.14 bits per heavy atom. The monoisotopic (exact) mass is 399 g/mol. The summed E-state index contributed by atoms with van der Waals surface area (Å²) in [5.74, 6) is 0.419. The molecule has 0 bridgehead atoms. The average Bonchev–Trinajstić information content (AvgIpc) is 2.72. The molecule has 2 aromatic rings. The summed E-state index contributed by atoms with van der Waals surface area (Å²) in [6.45, 7) is 1.87. The first kappa shape index (κ1) is 19.6. The van der Waals surface area contributed by atoms with Crippen LogP contribution in [0.3, 0.4) is 0 Å². The minimum absolute atomic E-state index is 0.0397. The molecular weight excluding hydrogens is 382 g/mol. The first-order valence-electron chi connectivity index (χ1n) is 8.82. The molecule has 0 unspecified atom stereocenters. The number of carbonyl (C=O) groups is 1. The van der Waals surface area contributed by atoms with E-state index in [1.54, 1.807) is 18.3 Å². The van der Waals surface area contributed by atoms with Crippen LogP contribution in [-0.2, 0) is 0 Å². The smallest absolute Gasteiger partial charge is 0.282 e. The van der Waals surface area contributed by atoms with Crippen LogP contribution in [0.1, 0.15) is 28.8 Å². The van der Waals surface area contributed by atoms with E-state index in [1.165, 1.54) is 18.2 Å². The maximum atomic E-state index is 12.4. The summed E-state index contributed by atoms with van der Waals surface area (Å²) in [5, 5.41) is 23.4. The lowest BCUT2D eigenvalue weighted by Gasteiger charge is -2.33. The maximum Gasteiger partial charge on any atom is 0.282 e. The Hall–Kier alpha value is -3.18. The van der Waals surface area contributed by atoms with E-state index in [1.807, 2.05) is 0 Å². The third-order valence-electron chi connectivity index (χ3n) is 4.77. The number of benzene rings is 1. The maximum absolute atomic E-state index is 12.4. The minimum Gasteiger partial charge on any atom is -0.356 e. The SMILES string of the molecule is N#Cc1cccnc1N1CCC(CNC(=O)c2cc(Cl)ccc2[N+](=O)[O-])CC1. The van der Waals surface area contributed by atoms with Gasteiger partial charge in [-0.2, -0.15) is 5.26 Å². The molecule has 0 aliphatic carbocycles. The number of amides is 1. The lowest BCUT2D eigenvalue weighted by molar-refractivity contribution is -0.385. The summed E-state index contributed by atoms with van der Waals surface area (Å²) in [6, 6.07) is 9.56. The van der Waals surface area contributed by atoms with Gasteiger partial charge in [-0.15, -0.1) is 0 Å². The Bertz CT molecular complexity index is 935. The van der Waals surface area contributed by atoms with Gasteiger partial charge in [-0.1, -0.05) is 11.6 Å². The molecule has 0 atom stereocenters. The van der Waals surface area contributed by atoms with Crippen LogP contribution in [0.4, 0.5) is 11.5 Å². The molecule has 1 amide bonds. The minimum atomic E-state index is -0.594. The molecule has 1 aliphatic rings. The van der Waals surface area contributed by atoms with Crippen molar-refractivity contribution >= 4 is 29.0 Å². The predicted molar refractivity (Wildman–Crippen MR) is 104 cm³/mol. The van der Waals surface area contributed by atoms with Crippen molar-refractivity contribution in [1.82, 2.24) is 10.3 Å². The number of halogens is 1. The normalized spacial score (nSPS) is 14.4. The Labute approximate surface area is 166 Å². The summed E-state index contributed by atoms with van der Waals surface area (Å²) < 4.78 is 0. The molecule has 1 aliphatic heterocycles. The summed E-state index contributed by atoms with van der Waals surface area (Å²) in [4.78, 5) is 29.3. The van der Waals surface area contributed by atoms with Crippen molar-refractivity contribution in [3.05, 3.63) is 62.8 Å². The van der Waals surface area contributed by atoms with Crippen LogP contribution in [-0.4, -0.2) is 35.4 Å². The number of carbonyl (C=O) groups excluding carboxylic acids is 1. The molecule has 28 heavy (non-hydrogen) atoms. The summed E-state index contributed by atoms with van der Waals surface area (Å²) in [6.07, 6.45) is 3.30. The molecule has 1 saturated heterocycles.